The van der Waals surface area contributed by atoms with E-state index in [1.165, 1.54) is 0 Å². The summed E-state index contributed by atoms with van der Waals surface area (Å²) in [6.45, 7) is 4.58. The molecule has 5 nitrogen and oxygen atoms in total. The maximum Gasteiger partial charge on any atom is 0.352 e. The molecular weight excluding hydrogens is 218 g/mol. The van der Waals surface area contributed by atoms with E-state index in [0.717, 1.165) is 5.69 Å². The van der Waals surface area contributed by atoms with Crippen LogP contribution in [0, 0.1) is 0 Å². The number of hydrogen-bond donors (Lipinski definition) is 1. The van der Waals surface area contributed by atoms with E-state index in [1.807, 2.05) is 35.2 Å². The second-order valence-corrected chi connectivity index (χ2v) is 4.21. The molecule has 90 valence electrons. The lowest BCUT2D eigenvalue weighted by atomic mass is 10.3. The second-order valence-electron chi connectivity index (χ2n) is 4.21. The molecule has 0 spiro atoms. The summed E-state index contributed by atoms with van der Waals surface area (Å²) >= 11 is 0. The Morgan fingerprint density at radius 1 is 1.47 bits per heavy atom. The topological polar surface area (TPSA) is 60.0 Å². The van der Waals surface area contributed by atoms with Crippen LogP contribution in [0.15, 0.2) is 30.9 Å². The third-order valence-corrected chi connectivity index (χ3v) is 2.64. The predicted molar refractivity (Wildman–Crippen MR) is 63.1 cm³/mol. The van der Waals surface area contributed by atoms with Gasteiger partial charge in [-0.05, 0) is 26.0 Å². The monoisotopic (exact) mass is 233 g/mol. The lowest BCUT2D eigenvalue weighted by Gasteiger charge is -2.15. The van der Waals surface area contributed by atoms with Gasteiger partial charge in [-0.2, -0.15) is 0 Å². The van der Waals surface area contributed by atoms with Crippen LogP contribution in [0.2, 0.25) is 0 Å². The largest absolute Gasteiger partial charge is 0.477 e. The van der Waals surface area contributed by atoms with Crippen molar-refractivity contribution >= 4 is 5.97 Å². The molecule has 2 rings (SSSR count). The molecule has 5 heteroatoms. The first kappa shape index (κ1) is 11.4. The van der Waals surface area contributed by atoms with E-state index in [0.29, 0.717) is 12.2 Å². The van der Waals surface area contributed by atoms with E-state index in [9.17, 15) is 4.79 Å². The molecule has 0 unspecified atom stereocenters. The molecule has 0 aromatic carbocycles. The number of imidazole rings is 1. The molecule has 1 N–H and O–H groups in total. The Hall–Kier alpha value is -2.04. The van der Waals surface area contributed by atoms with Crippen LogP contribution in [0.3, 0.4) is 0 Å². The Morgan fingerprint density at radius 2 is 2.24 bits per heavy atom. The molecule has 17 heavy (non-hydrogen) atoms. The van der Waals surface area contributed by atoms with Crippen molar-refractivity contribution in [3.63, 3.8) is 0 Å². The van der Waals surface area contributed by atoms with E-state index < -0.39 is 5.97 Å². The van der Waals surface area contributed by atoms with Gasteiger partial charge in [-0.25, -0.2) is 9.78 Å². The van der Waals surface area contributed by atoms with Crippen LogP contribution in [-0.4, -0.2) is 25.2 Å². The molecule has 0 radical (unpaired) electrons. The second kappa shape index (κ2) is 4.45. The van der Waals surface area contributed by atoms with Crippen LogP contribution in [0.4, 0.5) is 0 Å². The molecule has 0 saturated carbocycles. The van der Waals surface area contributed by atoms with Gasteiger partial charge in [0.05, 0.1) is 12.9 Å². The summed E-state index contributed by atoms with van der Waals surface area (Å²) in [6.07, 6.45) is 5.29. The van der Waals surface area contributed by atoms with Gasteiger partial charge in [0.25, 0.3) is 0 Å². The van der Waals surface area contributed by atoms with Gasteiger partial charge < -0.3 is 14.2 Å². The van der Waals surface area contributed by atoms with Crippen molar-refractivity contribution in [2.75, 3.05) is 0 Å². The molecule has 0 aliphatic carbocycles. The van der Waals surface area contributed by atoms with Crippen LogP contribution in [0.5, 0.6) is 0 Å². The van der Waals surface area contributed by atoms with Crippen molar-refractivity contribution in [2.45, 2.75) is 26.4 Å². The molecule has 2 aromatic heterocycles. The summed E-state index contributed by atoms with van der Waals surface area (Å²) < 4.78 is 3.75. The molecule has 0 aliphatic rings. The minimum absolute atomic E-state index is 0.120. The van der Waals surface area contributed by atoms with Gasteiger partial charge in [0, 0.05) is 24.1 Å². The van der Waals surface area contributed by atoms with E-state index in [2.05, 4.69) is 4.98 Å². The van der Waals surface area contributed by atoms with Crippen molar-refractivity contribution in [1.29, 1.82) is 0 Å². The SMILES string of the molecule is CC(C)n1c(Cn2ccnc2)ccc1C(=O)O. The zero-order valence-electron chi connectivity index (χ0n) is 9.87. The lowest BCUT2D eigenvalue weighted by molar-refractivity contribution is 0.0683. The highest BCUT2D eigenvalue weighted by Crippen LogP contribution is 2.17. The first-order valence-corrected chi connectivity index (χ1v) is 5.48. The number of carboxylic acid groups (broad SMARTS) is 1. The highest BCUT2D eigenvalue weighted by atomic mass is 16.4. The Kier molecular flexibility index (Phi) is 2.99. The van der Waals surface area contributed by atoms with Crippen LogP contribution < -0.4 is 0 Å². The summed E-state index contributed by atoms with van der Waals surface area (Å²) in [6, 6.07) is 3.62. The summed E-state index contributed by atoms with van der Waals surface area (Å²) in [5.41, 5.74) is 1.30. The number of carbonyl (C=O) groups is 1. The summed E-state index contributed by atoms with van der Waals surface area (Å²) in [4.78, 5) is 15.1. The highest BCUT2D eigenvalue weighted by Gasteiger charge is 2.16. The lowest BCUT2D eigenvalue weighted by Crippen LogP contribution is -2.14. The molecule has 0 aliphatic heterocycles. The fourth-order valence-electron chi connectivity index (χ4n) is 1.97. The summed E-state index contributed by atoms with van der Waals surface area (Å²) in [5, 5.41) is 9.11. The molecule has 0 saturated heterocycles. The average Bonchev–Trinajstić information content (AvgIpc) is 2.86. The first-order valence-electron chi connectivity index (χ1n) is 5.48. The molecular formula is C12H15N3O2. The molecule has 0 bridgehead atoms. The molecule has 2 aromatic rings. The maximum atomic E-state index is 11.1. The van der Waals surface area contributed by atoms with Gasteiger partial charge in [0.15, 0.2) is 0 Å². The normalized spacial score (nSPS) is 11.0. The number of aromatic nitrogens is 3. The zero-order chi connectivity index (χ0) is 12.4. The molecule has 0 fully saturated rings. The fourth-order valence-corrected chi connectivity index (χ4v) is 1.97. The Labute approximate surface area is 99.3 Å². The number of aromatic carboxylic acids is 1. The number of nitrogens with zero attached hydrogens (tertiary/aromatic N) is 3. The standard InChI is InChI=1S/C12H15N3O2/c1-9(2)15-10(3-4-11(15)12(16)17)7-14-6-5-13-8-14/h3-6,8-9H,7H2,1-2H3,(H,16,17). The van der Waals surface area contributed by atoms with Gasteiger partial charge >= 0.3 is 5.97 Å². The third kappa shape index (κ3) is 2.22. The number of carboxylic acids is 1. The quantitative estimate of drug-likeness (QED) is 0.878. The van der Waals surface area contributed by atoms with E-state index in [-0.39, 0.29) is 6.04 Å². The minimum Gasteiger partial charge on any atom is -0.477 e. The van der Waals surface area contributed by atoms with Crippen LogP contribution in [0.1, 0.15) is 36.1 Å². The smallest absolute Gasteiger partial charge is 0.352 e. The first-order chi connectivity index (χ1) is 8.09. The predicted octanol–water partition coefficient (Wildman–Crippen LogP) is 2.01. The van der Waals surface area contributed by atoms with Gasteiger partial charge in [0.1, 0.15) is 5.69 Å². The Balaban J connectivity index is 2.37. The zero-order valence-corrected chi connectivity index (χ0v) is 9.87. The third-order valence-electron chi connectivity index (χ3n) is 2.64. The number of hydrogen-bond acceptors (Lipinski definition) is 2. The van der Waals surface area contributed by atoms with Crippen LogP contribution in [-0.2, 0) is 6.54 Å². The van der Waals surface area contributed by atoms with Crippen molar-refractivity contribution in [1.82, 2.24) is 14.1 Å². The van der Waals surface area contributed by atoms with Crippen molar-refractivity contribution in [3.05, 3.63) is 42.2 Å². The Bertz CT molecular complexity index is 512. The molecule has 2 heterocycles. The van der Waals surface area contributed by atoms with E-state index in [4.69, 9.17) is 5.11 Å². The van der Waals surface area contributed by atoms with Crippen molar-refractivity contribution in [3.8, 4) is 0 Å². The maximum absolute atomic E-state index is 11.1. The van der Waals surface area contributed by atoms with Crippen molar-refractivity contribution < 1.29 is 9.90 Å². The van der Waals surface area contributed by atoms with Crippen LogP contribution in [0.25, 0.3) is 0 Å². The number of rotatable bonds is 4. The Morgan fingerprint density at radius 3 is 2.76 bits per heavy atom. The van der Waals surface area contributed by atoms with Gasteiger partial charge in [-0.3, -0.25) is 0 Å². The molecule has 0 atom stereocenters. The molecule has 0 amide bonds. The summed E-state index contributed by atoms with van der Waals surface area (Å²) in [5.74, 6) is -0.893. The minimum atomic E-state index is -0.893. The van der Waals surface area contributed by atoms with Gasteiger partial charge in [-0.15, -0.1) is 0 Å². The van der Waals surface area contributed by atoms with Crippen LogP contribution >= 0.6 is 0 Å². The van der Waals surface area contributed by atoms with E-state index in [1.54, 1.807) is 18.6 Å². The average molecular weight is 233 g/mol. The van der Waals surface area contributed by atoms with Crippen molar-refractivity contribution in [2.24, 2.45) is 0 Å². The summed E-state index contributed by atoms with van der Waals surface area (Å²) in [7, 11) is 0. The van der Waals surface area contributed by atoms with E-state index >= 15 is 0 Å². The fraction of sp³-hybridized carbons (Fsp3) is 0.333. The van der Waals surface area contributed by atoms with Gasteiger partial charge in [0.2, 0.25) is 0 Å². The highest BCUT2D eigenvalue weighted by molar-refractivity contribution is 5.86. The van der Waals surface area contributed by atoms with Gasteiger partial charge in [-0.1, -0.05) is 0 Å².